The van der Waals surface area contributed by atoms with Gasteiger partial charge in [-0.05, 0) is 12.1 Å². The predicted octanol–water partition coefficient (Wildman–Crippen LogP) is 2.14. The van der Waals surface area contributed by atoms with Crippen molar-refractivity contribution in [2.75, 3.05) is 26.3 Å². The molecule has 0 saturated carbocycles. The van der Waals surface area contributed by atoms with Crippen LogP contribution in [0.15, 0.2) is 28.6 Å². The van der Waals surface area contributed by atoms with Gasteiger partial charge in [-0.2, -0.15) is 4.83 Å². The number of nitrogens with one attached hydrogen (secondary N) is 1. The van der Waals surface area contributed by atoms with Gasteiger partial charge >= 0.3 is 0 Å². The van der Waals surface area contributed by atoms with Crippen LogP contribution < -0.4 is 4.83 Å². The fraction of sp³-hybridized carbons (Fsp3) is 0.364. The number of aromatic nitrogens is 1. The Kier molecular flexibility index (Phi) is 3.58. The predicted molar refractivity (Wildman–Crippen MR) is 71.0 cm³/mol. The smallest absolute Gasteiger partial charge is 0.167 e. The molecule has 3 rings (SSSR count). The maximum Gasteiger partial charge on any atom is 0.167 e. The van der Waals surface area contributed by atoms with Crippen molar-refractivity contribution in [1.29, 1.82) is 0 Å². The second kappa shape index (κ2) is 5.32. The highest BCUT2D eigenvalue weighted by Gasteiger charge is 2.11. The molecule has 2 heterocycles. The van der Waals surface area contributed by atoms with Gasteiger partial charge in [0.15, 0.2) is 4.34 Å². The molecule has 1 fully saturated rings. The zero-order valence-corrected chi connectivity index (χ0v) is 10.9. The van der Waals surface area contributed by atoms with E-state index in [0.29, 0.717) is 0 Å². The minimum absolute atomic E-state index is 0.799. The standard InChI is InChI=1S/C11H13N3OS2/c1-2-4-10-9(3-1)12-11(16-10)17-13-14-5-7-15-8-6-14/h1-4,13H,5-8H2. The first-order chi connectivity index (χ1) is 8.42. The fourth-order valence-electron chi connectivity index (χ4n) is 1.65. The minimum atomic E-state index is 0.799. The van der Waals surface area contributed by atoms with Crippen LogP contribution in [-0.4, -0.2) is 36.3 Å². The highest BCUT2D eigenvalue weighted by molar-refractivity contribution is 7.99. The summed E-state index contributed by atoms with van der Waals surface area (Å²) >= 11 is 3.30. The molecule has 1 aliphatic heterocycles. The first kappa shape index (κ1) is 11.4. The van der Waals surface area contributed by atoms with E-state index < -0.39 is 0 Å². The fourth-order valence-corrected chi connectivity index (χ4v) is 3.43. The van der Waals surface area contributed by atoms with Crippen LogP contribution in [0.25, 0.3) is 10.2 Å². The zero-order valence-electron chi connectivity index (χ0n) is 9.26. The highest BCUT2D eigenvalue weighted by atomic mass is 32.2. The van der Waals surface area contributed by atoms with Crippen LogP contribution in [0, 0.1) is 0 Å². The summed E-state index contributed by atoms with van der Waals surface area (Å²) in [6.07, 6.45) is 0. The van der Waals surface area contributed by atoms with E-state index in [9.17, 15) is 0 Å². The first-order valence-electron chi connectivity index (χ1n) is 5.52. The van der Waals surface area contributed by atoms with Crippen LogP contribution in [0.1, 0.15) is 0 Å². The molecule has 1 saturated heterocycles. The first-order valence-corrected chi connectivity index (χ1v) is 7.16. The lowest BCUT2D eigenvalue weighted by atomic mass is 10.3. The third-order valence-corrected chi connectivity index (χ3v) is 4.49. The summed E-state index contributed by atoms with van der Waals surface area (Å²) in [5.41, 5.74) is 1.07. The third-order valence-electron chi connectivity index (χ3n) is 2.55. The Morgan fingerprint density at radius 3 is 2.94 bits per heavy atom. The van der Waals surface area contributed by atoms with Gasteiger partial charge in [0.05, 0.1) is 23.4 Å². The molecule has 90 valence electrons. The Balaban J connectivity index is 1.64. The van der Waals surface area contributed by atoms with Crippen LogP contribution in [0.5, 0.6) is 0 Å². The Hall–Kier alpha value is -0.660. The van der Waals surface area contributed by atoms with Crippen molar-refractivity contribution < 1.29 is 4.74 Å². The van der Waals surface area contributed by atoms with Gasteiger partial charge in [-0.3, -0.25) is 0 Å². The molecule has 0 radical (unpaired) electrons. The van der Waals surface area contributed by atoms with E-state index in [1.807, 2.05) is 18.2 Å². The quantitative estimate of drug-likeness (QED) is 0.862. The lowest BCUT2D eigenvalue weighted by molar-refractivity contribution is 0.0290. The summed E-state index contributed by atoms with van der Waals surface area (Å²) in [7, 11) is 0. The Morgan fingerprint density at radius 1 is 1.29 bits per heavy atom. The molecule has 4 nitrogen and oxygen atoms in total. The van der Waals surface area contributed by atoms with Crippen molar-refractivity contribution in [1.82, 2.24) is 14.8 Å². The topological polar surface area (TPSA) is 37.4 Å². The summed E-state index contributed by atoms with van der Waals surface area (Å²) in [6.45, 7) is 3.45. The average molecular weight is 267 g/mol. The molecule has 2 aromatic rings. The molecule has 0 unspecified atom stereocenters. The van der Waals surface area contributed by atoms with Crippen LogP contribution in [0.2, 0.25) is 0 Å². The average Bonchev–Trinajstić information content (AvgIpc) is 2.80. The van der Waals surface area contributed by atoms with Gasteiger partial charge in [0.1, 0.15) is 0 Å². The Labute approximate surface area is 108 Å². The van der Waals surface area contributed by atoms with E-state index in [2.05, 4.69) is 20.9 Å². The molecule has 0 atom stereocenters. The van der Waals surface area contributed by atoms with E-state index in [-0.39, 0.29) is 0 Å². The van der Waals surface area contributed by atoms with E-state index in [1.54, 1.807) is 23.3 Å². The molecular formula is C11H13N3OS2. The molecule has 1 N–H and O–H groups in total. The van der Waals surface area contributed by atoms with Crippen molar-refractivity contribution in [2.24, 2.45) is 0 Å². The molecule has 6 heteroatoms. The molecule has 1 aromatic carbocycles. The normalized spacial score (nSPS) is 17.6. The highest BCUT2D eigenvalue weighted by Crippen LogP contribution is 2.27. The van der Waals surface area contributed by atoms with Crippen LogP contribution >= 0.6 is 23.3 Å². The van der Waals surface area contributed by atoms with Crippen LogP contribution in [0.4, 0.5) is 0 Å². The Morgan fingerprint density at radius 2 is 2.12 bits per heavy atom. The molecule has 17 heavy (non-hydrogen) atoms. The van der Waals surface area contributed by atoms with Crippen molar-refractivity contribution in [3.8, 4) is 0 Å². The number of thiazole rings is 1. The summed E-state index contributed by atoms with van der Waals surface area (Å²) in [5.74, 6) is 0. The van der Waals surface area contributed by atoms with Gasteiger partial charge < -0.3 is 4.74 Å². The van der Waals surface area contributed by atoms with Crippen molar-refractivity contribution in [3.05, 3.63) is 24.3 Å². The van der Waals surface area contributed by atoms with Crippen molar-refractivity contribution in [2.45, 2.75) is 4.34 Å². The SMILES string of the molecule is c1ccc2sc(SNN3CCOCC3)nc2c1. The molecular weight excluding hydrogens is 254 g/mol. The maximum atomic E-state index is 5.30. The summed E-state index contributed by atoms with van der Waals surface area (Å²) in [6, 6.07) is 8.21. The number of rotatable bonds is 3. The summed E-state index contributed by atoms with van der Waals surface area (Å²) in [5, 5.41) is 2.17. The number of benzene rings is 1. The van der Waals surface area contributed by atoms with Gasteiger partial charge in [0.2, 0.25) is 0 Å². The minimum Gasteiger partial charge on any atom is -0.379 e. The molecule has 0 amide bonds. The van der Waals surface area contributed by atoms with E-state index >= 15 is 0 Å². The van der Waals surface area contributed by atoms with E-state index in [1.165, 1.54) is 4.70 Å². The van der Waals surface area contributed by atoms with E-state index in [0.717, 1.165) is 36.2 Å². The largest absolute Gasteiger partial charge is 0.379 e. The molecule has 1 aliphatic rings. The molecule has 0 spiro atoms. The number of hydrogen-bond donors (Lipinski definition) is 1. The molecule has 0 aliphatic carbocycles. The number of hydrogen-bond acceptors (Lipinski definition) is 6. The lowest BCUT2D eigenvalue weighted by Crippen LogP contribution is -2.42. The zero-order chi connectivity index (χ0) is 11.5. The van der Waals surface area contributed by atoms with Crippen molar-refractivity contribution >= 4 is 33.5 Å². The molecule has 1 aromatic heterocycles. The Bertz CT molecular complexity index is 463. The number of morpholine rings is 1. The van der Waals surface area contributed by atoms with Gasteiger partial charge in [-0.15, -0.1) is 11.3 Å². The van der Waals surface area contributed by atoms with Crippen LogP contribution in [-0.2, 0) is 4.74 Å². The summed E-state index contributed by atoms with van der Waals surface area (Å²) < 4.78 is 7.58. The van der Waals surface area contributed by atoms with Gasteiger partial charge in [-0.1, -0.05) is 12.1 Å². The number of hydrazine groups is 1. The van der Waals surface area contributed by atoms with Crippen molar-refractivity contribution in [3.63, 3.8) is 0 Å². The lowest BCUT2D eigenvalue weighted by Gasteiger charge is -2.25. The third kappa shape index (κ3) is 2.78. The second-order valence-electron chi connectivity index (χ2n) is 3.74. The maximum absolute atomic E-state index is 5.30. The number of nitrogens with zero attached hydrogens (tertiary/aromatic N) is 2. The van der Waals surface area contributed by atoms with Gasteiger partial charge in [0, 0.05) is 25.0 Å². The number of fused-ring (bicyclic) bond motifs is 1. The van der Waals surface area contributed by atoms with Gasteiger partial charge in [0.25, 0.3) is 0 Å². The summed E-state index contributed by atoms with van der Waals surface area (Å²) in [4.78, 5) is 7.87. The number of para-hydroxylation sites is 1. The molecule has 0 bridgehead atoms. The monoisotopic (exact) mass is 267 g/mol. The second-order valence-corrected chi connectivity index (χ2v) is 5.80. The van der Waals surface area contributed by atoms with E-state index in [4.69, 9.17) is 4.74 Å². The number of ether oxygens (including phenoxy) is 1. The van der Waals surface area contributed by atoms with Gasteiger partial charge in [-0.25, -0.2) is 9.99 Å². The van der Waals surface area contributed by atoms with Crippen LogP contribution in [0.3, 0.4) is 0 Å².